The van der Waals surface area contributed by atoms with Crippen LogP contribution in [0.1, 0.15) is 37.3 Å². The van der Waals surface area contributed by atoms with Gasteiger partial charge in [0.15, 0.2) is 0 Å². The molecule has 0 N–H and O–H groups in total. The standard InChI is InChI=1S/C14H19F2N/c1-11(2)13-5-3-12(4-6-13)9-17-8-7-14(15,16)10-17/h3-6,11H,7-10H2,1-2H3. The monoisotopic (exact) mass is 239 g/mol. The summed E-state index contributed by atoms with van der Waals surface area (Å²) in [5, 5.41) is 0. The van der Waals surface area contributed by atoms with Crippen LogP contribution in [0, 0.1) is 0 Å². The summed E-state index contributed by atoms with van der Waals surface area (Å²) in [6.45, 7) is 5.33. The SMILES string of the molecule is CC(C)c1ccc(CN2CCC(F)(F)C2)cc1. The lowest BCUT2D eigenvalue weighted by atomic mass is 10.0. The van der Waals surface area contributed by atoms with Crippen LogP contribution < -0.4 is 0 Å². The Morgan fingerprint density at radius 3 is 2.35 bits per heavy atom. The summed E-state index contributed by atoms with van der Waals surface area (Å²) in [6.07, 6.45) is -0.00290. The van der Waals surface area contributed by atoms with Crippen molar-refractivity contribution < 1.29 is 8.78 Å². The molecule has 0 bridgehead atoms. The van der Waals surface area contributed by atoms with Gasteiger partial charge in [-0.2, -0.15) is 0 Å². The number of alkyl halides is 2. The van der Waals surface area contributed by atoms with E-state index in [1.165, 1.54) is 5.56 Å². The molecule has 1 heterocycles. The van der Waals surface area contributed by atoms with Crippen LogP contribution >= 0.6 is 0 Å². The van der Waals surface area contributed by atoms with E-state index in [-0.39, 0.29) is 13.0 Å². The number of likely N-dealkylation sites (tertiary alicyclic amines) is 1. The Morgan fingerprint density at radius 1 is 1.24 bits per heavy atom. The fraction of sp³-hybridized carbons (Fsp3) is 0.571. The lowest BCUT2D eigenvalue weighted by Crippen LogP contribution is -2.24. The van der Waals surface area contributed by atoms with Gasteiger partial charge >= 0.3 is 0 Å². The summed E-state index contributed by atoms with van der Waals surface area (Å²) in [5.41, 5.74) is 2.41. The van der Waals surface area contributed by atoms with Crippen LogP contribution in [-0.2, 0) is 6.54 Å². The number of hydrogen-bond donors (Lipinski definition) is 0. The Labute approximate surface area is 101 Å². The van der Waals surface area contributed by atoms with Gasteiger partial charge in [-0.05, 0) is 17.0 Å². The molecule has 0 aromatic heterocycles. The van der Waals surface area contributed by atoms with E-state index in [0.717, 1.165) is 5.56 Å². The van der Waals surface area contributed by atoms with E-state index in [4.69, 9.17) is 0 Å². The van der Waals surface area contributed by atoms with Crippen molar-refractivity contribution >= 4 is 0 Å². The molecule has 0 unspecified atom stereocenters. The van der Waals surface area contributed by atoms with Crippen LogP contribution in [-0.4, -0.2) is 23.9 Å². The minimum atomic E-state index is -2.49. The van der Waals surface area contributed by atoms with Crippen LogP contribution in [0.5, 0.6) is 0 Å². The van der Waals surface area contributed by atoms with Gasteiger partial charge in [0, 0.05) is 19.5 Å². The molecule has 0 spiro atoms. The van der Waals surface area contributed by atoms with E-state index >= 15 is 0 Å². The van der Waals surface area contributed by atoms with Crippen LogP contribution in [0.15, 0.2) is 24.3 Å². The molecule has 94 valence electrons. The van der Waals surface area contributed by atoms with Gasteiger partial charge in [0.1, 0.15) is 0 Å². The van der Waals surface area contributed by atoms with Crippen molar-refractivity contribution in [3.05, 3.63) is 35.4 Å². The average Bonchev–Trinajstić information content (AvgIpc) is 2.59. The topological polar surface area (TPSA) is 3.24 Å². The molecule has 1 fully saturated rings. The van der Waals surface area contributed by atoms with E-state index in [9.17, 15) is 8.78 Å². The largest absolute Gasteiger partial charge is 0.293 e. The minimum absolute atomic E-state index is 0.00290. The molecule has 0 aliphatic carbocycles. The molecular weight excluding hydrogens is 220 g/mol. The second-order valence-electron chi connectivity index (χ2n) is 5.21. The molecule has 2 rings (SSSR count). The summed E-state index contributed by atoms with van der Waals surface area (Å²) >= 11 is 0. The highest BCUT2D eigenvalue weighted by Gasteiger charge is 2.37. The van der Waals surface area contributed by atoms with Gasteiger partial charge in [-0.25, -0.2) is 8.78 Å². The fourth-order valence-corrected chi connectivity index (χ4v) is 2.21. The Bertz CT molecular complexity index is 370. The minimum Gasteiger partial charge on any atom is -0.293 e. The third kappa shape index (κ3) is 3.25. The van der Waals surface area contributed by atoms with Crippen LogP contribution in [0.4, 0.5) is 8.78 Å². The lowest BCUT2D eigenvalue weighted by molar-refractivity contribution is 0.0115. The zero-order valence-corrected chi connectivity index (χ0v) is 10.4. The fourth-order valence-electron chi connectivity index (χ4n) is 2.21. The molecule has 0 saturated carbocycles. The summed E-state index contributed by atoms with van der Waals surface area (Å²) in [7, 11) is 0. The van der Waals surface area contributed by atoms with Crippen LogP contribution in [0.3, 0.4) is 0 Å². The molecule has 17 heavy (non-hydrogen) atoms. The van der Waals surface area contributed by atoms with E-state index in [1.807, 2.05) is 17.0 Å². The van der Waals surface area contributed by atoms with Crippen LogP contribution in [0.2, 0.25) is 0 Å². The van der Waals surface area contributed by atoms with Crippen molar-refractivity contribution in [1.82, 2.24) is 4.90 Å². The van der Waals surface area contributed by atoms with Gasteiger partial charge in [-0.3, -0.25) is 4.90 Å². The third-order valence-electron chi connectivity index (χ3n) is 3.30. The van der Waals surface area contributed by atoms with E-state index in [2.05, 4.69) is 26.0 Å². The molecule has 1 aromatic carbocycles. The predicted octanol–water partition coefficient (Wildman–Crippen LogP) is 3.65. The molecule has 1 aromatic rings. The lowest BCUT2D eigenvalue weighted by Gasteiger charge is -2.16. The van der Waals surface area contributed by atoms with Gasteiger partial charge < -0.3 is 0 Å². The zero-order valence-electron chi connectivity index (χ0n) is 10.4. The number of benzene rings is 1. The van der Waals surface area contributed by atoms with Crippen molar-refractivity contribution in [2.45, 2.75) is 38.7 Å². The smallest absolute Gasteiger partial charge is 0.261 e. The molecule has 1 aliphatic heterocycles. The molecule has 0 radical (unpaired) electrons. The second-order valence-corrected chi connectivity index (χ2v) is 5.21. The maximum absolute atomic E-state index is 13.0. The average molecular weight is 239 g/mol. The zero-order chi connectivity index (χ0) is 12.5. The number of rotatable bonds is 3. The Kier molecular flexibility index (Phi) is 3.48. The summed E-state index contributed by atoms with van der Waals surface area (Å²) in [5.74, 6) is -1.97. The highest BCUT2D eigenvalue weighted by Crippen LogP contribution is 2.28. The molecule has 1 saturated heterocycles. The van der Waals surface area contributed by atoms with Crippen molar-refractivity contribution in [1.29, 1.82) is 0 Å². The van der Waals surface area contributed by atoms with Crippen molar-refractivity contribution in [3.63, 3.8) is 0 Å². The number of halogens is 2. The molecule has 0 atom stereocenters. The maximum Gasteiger partial charge on any atom is 0.261 e. The molecule has 0 amide bonds. The van der Waals surface area contributed by atoms with E-state index in [0.29, 0.717) is 19.0 Å². The first-order valence-corrected chi connectivity index (χ1v) is 6.15. The molecule has 1 nitrogen and oxygen atoms in total. The summed E-state index contributed by atoms with van der Waals surface area (Å²) in [6, 6.07) is 8.28. The molecule has 1 aliphatic rings. The maximum atomic E-state index is 13.0. The Hall–Kier alpha value is -0.960. The predicted molar refractivity (Wildman–Crippen MR) is 65.4 cm³/mol. The van der Waals surface area contributed by atoms with Crippen molar-refractivity contribution in [2.75, 3.05) is 13.1 Å². The third-order valence-corrected chi connectivity index (χ3v) is 3.30. The summed E-state index contributed by atoms with van der Waals surface area (Å²) < 4.78 is 26.1. The highest BCUT2D eigenvalue weighted by molar-refractivity contribution is 5.24. The number of hydrogen-bond acceptors (Lipinski definition) is 1. The van der Waals surface area contributed by atoms with Gasteiger partial charge in [-0.1, -0.05) is 38.1 Å². The highest BCUT2D eigenvalue weighted by atomic mass is 19.3. The van der Waals surface area contributed by atoms with E-state index in [1.54, 1.807) is 0 Å². The van der Waals surface area contributed by atoms with Gasteiger partial charge in [0.2, 0.25) is 0 Å². The normalized spacial score (nSPS) is 20.1. The van der Waals surface area contributed by atoms with Crippen molar-refractivity contribution in [3.8, 4) is 0 Å². The first kappa shape index (κ1) is 12.5. The first-order chi connectivity index (χ1) is 7.96. The first-order valence-electron chi connectivity index (χ1n) is 6.15. The number of nitrogens with zero attached hydrogens (tertiary/aromatic N) is 1. The van der Waals surface area contributed by atoms with Gasteiger partial charge in [0.05, 0.1) is 6.54 Å². The van der Waals surface area contributed by atoms with Crippen LogP contribution in [0.25, 0.3) is 0 Å². The Morgan fingerprint density at radius 2 is 1.88 bits per heavy atom. The molecule has 3 heteroatoms. The molecular formula is C14H19F2N. The van der Waals surface area contributed by atoms with E-state index < -0.39 is 5.92 Å². The Balaban J connectivity index is 1.96. The van der Waals surface area contributed by atoms with Crippen molar-refractivity contribution in [2.24, 2.45) is 0 Å². The quantitative estimate of drug-likeness (QED) is 0.778. The summed E-state index contributed by atoms with van der Waals surface area (Å²) in [4.78, 5) is 1.82. The van der Waals surface area contributed by atoms with Gasteiger partial charge in [-0.15, -0.1) is 0 Å². The second kappa shape index (κ2) is 4.73. The van der Waals surface area contributed by atoms with Gasteiger partial charge in [0.25, 0.3) is 5.92 Å².